The van der Waals surface area contributed by atoms with Gasteiger partial charge < -0.3 is 20.4 Å². The Morgan fingerprint density at radius 3 is 2.00 bits per heavy atom. The van der Waals surface area contributed by atoms with Crippen molar-refractivity contribution in [3.63, 3.8) is 0 Å². The van der Waals surface area contributed by atoms with E-state index in [2.05, 4.69) is 116 Å². The molecule has 0 unspecified atom stereocenters. The Morgan fingerprint density at radius 1 is 0.854 bits per heavy atom. The van der Waals surface area contributed by atoms with Gasteiger partial charge in [0.05, 0.1) is 0 Å². The third kappa shape index (κ3) is 8.91. The van der Waals surface area contributed by atoms with Crippen molar-refractivity contribution in [1.82, 2.24) is 15.5 Å². The van der Waals surface area contributed by atoms with Crippen LogP contribution in [0.1, 0.15) is 67.0 Å². The molecule has 216 valence electrons. The Hall–Kier alpha value is -4.18. The highest BCUT2D eigenvalue weighted by Crippen LogP contribution is 2.23. The van der Waals surface area contributed by atoms with Crippen LogP contribution in [0.15, 0.2) is 111 Å². The first-order valence-electron chi connectivity index (χ1n) is 14.8. The van der Waals surface area contributed by atoms with Crippen molar-refractivity contribution >= 4 is 11.4 Å². The average molecular weight is 549 g/mol. The number of nitrogens with zero attached hydrogens (tertiary/aromatic N) is 2. The van der Waals surface area contributed by atoms with Gasteiger partial charge in [-0.1, -0.05) is 88.7 Å². The van der Waals surface area contributed by atoms with E-state index >= 15 is 0 Å². The van der Waals surface area contributed by atoms with Gasteiger partial charge in [-0.3, -0.25) is 0 Å². The first-order valence-corrected chi connectivity index (χ1v) is 14.8. The number of aryl methyl sites for hydroxylation is 1. The van der Waals surface area contributed by atoms with Gasteiger partial charge in [-0.15, -0.1) is 0 Å². The van der Waals surface area contributed by atoms with E-state index in [1.54, 1.807) is 6.20 Å². The lowest BCUT2D eigenvalue weighted by atomic mass is 10.0. The molecular formula is C37H48N4. The fraction of sp³-hybridized carbons (Fsp3) is 0.297. The zero-order valence-corrected chi connectivity index (χ0v) is 25.6. The van der Waals surface area contributed by atoms with Crippen LogP contribution in [-0.2, 0) is 19.5 Å². The summed E-state index contributed by atoms with van der Waals surface area (Å²) in [7, 11) is 0. The summed E-state index contributed by atoms with van der Waals surface area (Å²) in [6, 6.07) is 24.4. The van der Waals surface area contributed by atoms with Crippen LogP contribution in [0.5, 0.6) is 0 Å². The number of rotatable bonds is 13. The van der Waals surface area contributed by atoms with Crippen molar-refractivity contribution < 1.29 is 0 Å². The summed E-state index contributed by atoms with van der Waals surface area (Å²) in [6.07, 6.45) is 5.19. The van der Waals surface area contributed by atoms with Crippen molar-refractivity contribution in [3.8, 4) is 0 Å². The molecule has 1 saturated heterocycles. The standard InChI is InChI=1S/C35H42N4.C2H6/c1-7-36-29(6)39(26(2)3)25-33-11-10-27(4)35(23-33)28(5)37-24-32-14-12-30(13-15-32)22-31-16-18-34(19-17-31)38-20-8-9-21-38;1-2/h7,10-19,23,36-37H,1-2,5-6,8-9,20-22,24-25H2,3-4H3;1-2H3. The molecule has 1 fully saturated rings. The number of nitrogens with one attached hydrogen (secondary N) is 2. The molecule has 41 heavy (non-hydrogen) atoms. The van der Waals surface area contributed by atoms with Gasteiger partial charge in [0.2, 0.25) is 0 Å². The maximum atomic E-state index is 4.34. The Kier molecular flexibility index (Phi) is 11.9. The van der Waals surface area contributed by atoms with Crippen LogP contribution in [-0.4, -0.2) is 18.0 Å². The molecule has 0 spiro atoms. The van der Waals surface area contributed by atoms with Gasteiger partial charge in [-0.05, 0) is 85.3 Å². The predicted octanol–water partition coefficient (Wildman–Crippen LogP) is 8.51. The number of allylic oxidation sites excluding steroid dienone is 1. The molecule has 4 nitrogen and oxygen atoms in total. The van der Waals surface area contributed by atoms with Crippen molar-refractivity contribution in [2.75, 3.05) is 18.0 Å². The van der Waals surface area contributed by atoms with Crippen molar-refractivity contribution in [1.29, 1.82) is 0 Å². The van der Waals surface area contributed by atoms with Gasteiger partial charge in [0, 0.05) is 48.8 Å². The quantitative estimate of drug-likeness (QED) is 0.224. The molecule has 1 aliphatic heterocycles. The minimum Gasteiger partial charge on any atom is -0.381 e. The molecule has 4 rings (SSSR count). The summed E-state index contributed by atoms with van der Waals surface area (Å²) >= 11 is 0. The fourth-order valence-electron chi connectivity index (χ4n) is 5.05. The molecule has 1 aliphatic rings. The monoisotopic (exact) mass is 548 g/mol. The smallest absolute Gasteiger partial charge is 0.102 e. The SMILES string of the molecule is C=CNC(=C)N(Cc1ccc(C)c(C(=C)NCc2ccc(Cc3ccc(N4CCCC4)cc3)cc2)c1)C(=C)C.CC. The zero-order valence-electron chi connectivity index (χ0n) is 25.6. The molecule has 0 aromatic heterocycles. The van der Waals surface area contributed by atoms with E-state index in [0.29, 0.717) is 6.54 Å². The Morgan fingerprint density at radius 2 is 1.41 bits per heavy atom. The van der Waals surface area contributed by atoms with Gasteiger partial charge in [0.25, 0.3) is 0 Å². The predicted molar refractivity (Wildman–Crippen MR) is 178 cm³/mol. The van der Waals surface area contributed by atoms with Crippen molar-refractivity contribution in [3.05, 3.63) is 144 Å². The summed E-state index contributed by atoms with van der Waals surface area (Å²) in [4.78, 5) is 4.52. The Bertz CT molecular complexity index is 1310. The summed E-state index contributed by atoms with van der Waals surface area (Å²) in [5.41, 5.74) is 10.5. The lowest BCUT2D eigenvalue weighted by Gasteiger charge is -2.27. The van der Waals surface area contributed by atoms with Crippen molar-refractivity contribution in [2.45, 2.75) is 60.0 Å². The number of hydrogen-bond donors (Lipinski definition) is 2. The second-order valence-corrected chi connectivity index (χ2v) is 10.5. The molecule has 1 heterocycles. The van der Waals surface area contributed by atoms with Crippen molar-refractivity contribution in [2.24, 2.45) is 0 Å². The molecule has 0 aliphatic carbocycles. The molecule has 0 bridgehead atoms. The Labute approximate surface area is 248 Å². The molecule has 3 aromatic rings. The zero-order chi connectivity index (χ0) is 29.8. The normalized spacial score (nSPS) is 12.1. The summed E-state index contributed by atoms with van der Waals surface area (Å²) < 4.78 is 0. The van der Waals surface area contributed by atoms with Crippen LogP contribution in [0, 0.1) is 6.92 Å². The molecule has 0 saturated carbocycles. The van der Waals surface area contributed by atoms with Crippen LogP contribution in [0.25, 0.3) is 5.70 Å². The topological polar surface area (TPSA) is 30.5 Å². The van der Waals surface area contributed by atoms with Crippen LogP contribution >= 0.6 is 0 Å². The second kappa shape index (κ2) is 15.6. The molecule has 2 N–H and O–H groups in total. The maximum Gasteiger partial charge on any atom is 0.102 e. The average Bonchev–Trinajstić information content (AvgIpc) is 3.53. The van der Waals surface area contributed by atoms with E-state index in [0.717, 1.165) is 41.3 Å². The number of anilines is 1. The number of hydrogen-bond acceptors (Lipinski definition) is 4. The van der Waals surface area contributed by atoms with E-state index in [4.69, 9.17) is 0 Å². The van der Waals surface area contributed by atoms with Crippen LogP contribution in [0.4, 0.5) is 5.69 Å². The highest BCUT2D eigenvalue weighted by atomic mass is 15.2. The maximum absolute atomic E-state index is 4.34. The molecule has 4 heteroatoms. The first-order chi connectivity index (χ1) is 19.8. The molecule has 3 aromatic carbocycles. The molecular weight excluding hydrogens is 500 g/mol. The first kappa shape index (κ1) is 31.3. The minimum absolute atomic E-state index is 0.665. The second-order valence-electron chi connectivity index (χ2n) is 10.5. The Balaban J connectivity index is 0.00000226. The highest BCUT2D eigenvalue weighted by Gasteiger charge is 2.13. The molecule has 0 atom stereocenters. The van der Waals surface area contributed by atoms with Crippen LogP contribution < -0.4 is 15.5 Å². The lowest BCUT2D eigenvalue weighted by Crippen LogP contribution is -2.26. The number of benzene rings is 3. The highest BCUT2D eigenvalue weighted by molar-refractivity contribution is 5.65. The van der Waals surface area contributed by atoms with Gasteiger partial charge in [-0.2, -0.15) is 0 Å². The minimum atomic E-state index is 0.665. The van der Waals surface area contributed by atoms with Gasteiger partial charge in [0.1, 0.15) is 5.82 Å². The molecule has 0 radical (unpaired) electrons. The molecule has 0 amide bonds. The third-order valence-electron chi connectivity index (χ3n) is 7.37. The summed E-state index contributed by atoms with van der Waals surface area (Å²) in [5, 5.41) is 6.60. The summed E-state index contributed by atoms with van der Waals surface area (Å²) in [6.45, 7) is 28.1. The van der Waals surface area contributed by atoms with Gasteiger partial charge in [-0.25, -0.2) is 0 Å². The van der Waals surface area contributed by atoms with E-state index in [-0.39, 0.29) is 0 Å². The lowest BCUT2D eigenvalue weighted by molar-refractivity contribution is 0.404. The van der Waals surface area contributed by atoms with Gasteiger partial charge in [0.15, 0.2) is 0 Å². The van der Waals surface area contributed by atoms with Crippen LogP contribution in [0.3, 0.4) is 0 Å². The largest absolute Gasteiger partial charge is 0.381 e. The summed E-state index contributed by atoms with van der Waals surface area (Å²) in [5.74, 6) is 0.749. The van der Waals surface area contributed by atoms with E-state index in [1.165, 1.54) is 53.9 Å². The van der Waals surface area contributed by atoms with Crippen LogP contribution in [0.2, 0.25) is 0 Å². The van der Waals surface area contributed by atoms with E-state index in [9.17, 15) is 0 Å². The third-order valence-corrected chi connectivity index (χ3v) is 7.37. The van der Waals surface area contributed by atoms with E-state index in [1.807, 2.05) is 25.7 Å². The van der Waals surface area contributed by atoms with Gasteiger partial charge >= 0.3 is 0 Å². The van der Waals surface area contributed by atoms with E-state index < -0.39 is 0 Å². The fourth-order valence-corrected chi connectivity index (χ4v) is 5.05.